The first-order chi connectivity index (χ1) is 7.22. The third kappa shape index (κ3) is 2.83. The molecule has 0 spiro atoms. The van der Waals surface area contributed by atoms with Crippen molar-refractivity contribution in [3.63, 3.8) is 0 Å². The van der Waals surface area contributed by atoms with E-state index in [0.29, 0.717) is 11.4 Å². The normalized spacial score (nSPS) is 12.1. The zero-order chi connectivity index (χ0) is 11.3. The number of hydrogen-bond donors (Lipinski definition) is 0. The highest BCUT2D eigenvalue weighted by molar-refractivity contribution is 7.85. The van der Waals surface area contributed by atoms with Crippen LogP contribution in [-0.2, 0) is 23.6 Å². The van der Waals surface area contributed by atoms with Gasteiger partial charge in [0, 0.05) is 6.20 Å². The van der Waals surface area contributed by atoms with Crippen LogP contribution in [0.15, 0.2) is 11.2 Å². The molecule has 0 bridgehead atoms. The van der Waals surface area contributed by atoms with Crippen LogP contribution in [0, 0.1) is 11.3 Å². The van der Waals surface area contributed by atoms with Crippen molar-refractivity contribution in [3.8, 4) is 6.07 Å². The van der Waals surface area contributed by atoms with Crippen LogP contribution in [0.3, 0.4) is 0 Å². The molecule has 0 aliphatic heterocycles. The average Bonchev–Trinajstić information content (AvgIpc) is 2.28. The predicted molar refractivity (Wildman–Crippen MR) is 57.7 cm³/mol. The van der Waals surface area contributed by atoms with E-state index in [9.17, 15) is 4.21 Å². The monoisotopic (exact) mass is 223 g/mol. The fourth-order valence-electron chi connectivity index (χ4n) is 1.15. The molecule has 0 aliphatic carbocycles. The van der Waals surface area contributed by atoms with E-state index in [1.807, 2.05) is 19.9 Å². The maximum absolute atomic E-state index is 11.7. The van der Waals surface area contributed by atoms with Crippen molar-refractivity contribution in [3.05, 3.63) is 17.6 Å². The van der Waals surface area contributed by atoms with Crippen LogP contribution in [0.4, 0.5) is 0 Å². The maximum atomic E-state index is 11.7. The van der Waals surface area contributed by atoms with Crippen molar-refractivity contribution >= 4 is 10.8 Å². The zero-order valence-electron chi connectivity index (χ0n) is 8.86. The van der Waals surface area contributed by atoms with Crippen molar-refractivity contribution in [2.75, 3.05) is 5.75 Å². The van der Waals surface area contributed by atoms with Crippen LogP contribution < -0.4 is 0 Å². The van der Waals surface area contributed by atoms with E-state index in [1.54, 1.807) is 6.20 Å². The fraction of sp³-hybridized carbons (Fsp3) is 0.500. The predicted octanol–water partition coefficient (Wildman–Crippen LogP) is 1.23. The molecule has 0 N–H and O–H groups in total. The molecule has 1 atom stereocenters. The molecule has 0 aromatic carbocycles. The van der Waals surface area contributed by atoms with E-state index in [4.69, 9.17) is 5.26 Å². The summed E-state index contributed by atoms with van der Waals surface area (Å²) < 4.78 is 11.7. The first-order valence-electron chi connectivity index (χ1n) is 4.83. The number of aryl methyl sites for hydroxylation is 2. The Labute approximate surface area is 91.8 Å². The van der Waals surface area contributed by atoms with Gasteiger partial charge in [-0.15, -0.1) is 0 Å². The Kier molecular flexibility index (Phi) is 4.37. The molecule has 0 amide bonds. The molecule has 4 nitrogen and oxygen atoms in total. The Bertz CT molecular complexity index is 412. The van der Waals surface area contributed by atoms with Crippen molar-refractivity contribution in [2.24, 2.45) is 0 Å². The van der Waals surface area contributed by atoms with Gasteiger partial charge in [-0.25, -0.2) is 4.98 Å². The van der Waals surface area contributed by atoms with Gasteiger partial charge in [0.05, 0.1) is 28.3 Å². The number of hydrogen-bond acceptors (Lipinski definition) is 4. The lowest BCUT2D eigenvalue weighted by molar-refractivity contribution is 0.678. The van der Waals surface area contributed by atoms with E-state index in [1.165, 1.54) is 0 Å². The van der Waals surface area contributed by atoms with Gasteiger partial charge in [-0.3, -0.25) is 9.19 Å². The SMILES string of the molecule is CCc1cnc(CC)c(S(=O)CC#N)n1. The van der Waals surface area contributed by atoms with Crippen LogP contribution in [0.2, 0.25) is 0 Å². The number of rotatable bonds is 4. The molecular weight excluding hydrogens is 210 g/mol. The van der Waals surface area contributed by atoms with Gasteiger partial charge < -0.3 is 0 Å². The molecule has 1 aromatic rings. The molecule has 1 rings (SSSR count). The van der Waals surface area contributed by atoms with Crippen LogP contribution >= 0.6 is 0 Å². The van der Waals surface area contributed by atoms with Gasteiger partial charge in [-0.05, 0) is 12.8 Å². The van der Waals surface area contributed by atoms with Gasteiger partial charge in [-0.1, -0.05) is 13.8 Å². The molecule has 1 unspecified atom stereocenters. The lowest BCUT2D eigenvalue weighted by atomic mass is 10.3. The van der Waals surface area contributed by atoms with Crippen molar-refractivity contribution in [1.29, 1.82) is 5.26 Å². The quantitative estimate of drug-likeness (QED) is 0.770. The second kappa shape index (κ2) is 5.56. The van der Waals surface area contributed by atoms with Gasteiger partial charge in [0.15, 0.2) is 0 Å². The molecule has 15 heavy (non-hydrogen) atoms. The standard InChI is InChI=1S/C10H13N3OS/c1-3-8-7-12-9(4-2)10(13-8)15(14)6-5-11/h7H,3-4,6H2,1-2H3. The van der Waals surface area contributed by atoms with Crippen molar-refractivity contribution in [2.45, 2.75) is 31.7 Å². The Balaban J connectivity index is 3.12. The molecule has 80 valence electrons. The minimum absolute atomic E-state index is 0.0190. The lowest BCUT2D eigenvalue weighted by Crippen LogP contribution is -2.07. The molecule has 5 heteroatoms. The summed E-state index contributed by atoms with van der Waals surface area (Å²) >= 11 is 0. The van der Waals surface area contributed by atoms with Gasteiger partial charge in [-0.2, -0.15) is 5.26 Å². The van der Waals surface area contributed by atoms with Gasteiger partial charge >= 0.3 is 0 Å². The zero-order valence-corrected chi connectivity index (χ0v) is 9.67. The molecule has 0 radical (unpaired) electrons. The highest BCUT2D eigenvalue weighted by Crippen LogP contribution is 2.10. The van der Waals surface area contributed by atoms with Crippen LogP contribution in [0.5, 0.6) is 0 Å². The summed E-state index contributed by atoms with van der Waals surface area (Å²) in [5, 5.41) is 8.97. The first-order valence-corrected chi connectivity index (χ1v) is 6.14. The molecular formula is C10H13N3OS. The summed E-state index contributed by atoms with van der Waals surface area (Å²) in [5.74, 6) is -0.0190. The molecule has 1 heterocycles. The number of aromatic nitrogens is 2. The first kappa shape index (κ1) is 11.8. The molecule has 0 saturated heterocycles. The molecule has 0 saturated carbocycles. The minimum atomic E-state index is -1.34. The molecule has 0 fully saturated rings. The van der Waals surface area contributed by atoms with Gasteiger partial charge in [0.2, 0.25) is 0 Å². The van der Waals surface area contributed by atoms with Crippen molar-refractivity contribution < 1.29 is 4.21 Å². The average molecular weight is 223 g/mol. The van der Waals surface area contributed by atoms with E-state index >= 15 is 0 Å². The number of nitrogens with zero attached hydrogens (tertiary/aromatic N) is 3. The summed E-state index contributed by atoms with van der Waals surface area (Å²) in [6, 6.07) is 1.89. The lowest BCUT2D eigenvalue weighted by Gasteiger charge is -2.05. The largest absolute Gasteiger partial charge is 0.256 e. The van der Waals surface area contributed by atoms with E-state index in [2.05, 4.69) is 9.97 Å². The maximum Gasteiger partial charge on any atom is 0.150 e. The van der Waals surface area contributed by atoms with Gasteiger partial charge in [0.1, 0.15) is 10.8 Å². The Morgan fingerprint density at radius 2 is 2.20 bits per heavy atom. The second-order valence-corrected chi connectivity index (χ2v) is 4.33. The molecule has 0 aliphatic rings. The summed E-state index contributed by atoms with van der Waals surface area (Å²) in [5.41, 5.74) is 1.54. The summed E-state index contributed by atoms with van der Waals surface area (Å²) in [6.45, 7) is 3.90. The van der Waals surface area contributed by atoms with E-state index in [-0.39, 0.29) is 5.75 Å². The Morgan fingerprint density at radius 3 is 2.73 bits per heavy atom. The number of nitriles is 1. The highest BCUT2D eigenvalue weighted by Gasteiger charge is 2.12. The van der Waals surface area contributed by atoms with E-state index in [0.717, 1.165) is 17.8 Å². The Hall–Kier alpha value is -1.28. The third-order valence-electron chi connectivity index (χ3n) is 1.97. The van der Waals surface area contributed by atoms with Crippen LogP contribution in [-0.4, -0.2) is 19.9 Å². The van der Waals surface area contributed by atoms with Crippen LogP contribution in [0.1, 0.15) is 25.2 Å². The topological polar surface area (TPSA) is 66.6 Å². The summed E-state index contributed by atoms with van der Waals surface area (Å²) in [4.78, 5) is 8.47. The Morgan fingerprint density at radius 1 is 1.47 bits per heavy atom. The van der Waals surface area contributed by atoms with Gasteiger partial charge in [0.25, 0.3) is 0 Å². The van der Waals surface area contributed by atoms with E-state index < -0.39 is 10.8 Å². The van der Waals surface area contributed by atoms with Crippen molar-refractivity contribution in [1.82, 2.24) is 9.97 Å². The smallest absolute Gasteiger partial charge is 0.150 e. The minimum Gasteiger partial charge on any atom is -0.256 e. The van der Waals surface area contributed by atoms with Crippen LogP contribution in [0.25, 0.3) is 0 Å². The fourth-order valence-corrected chi connectivity index (χ4v) is 2.09. The highest BCUT2D eigenvalue weighted by atomic mass is 32.2. The third-order valence-corrected chi connectivity index (χ3v) is 3.12. The second-order valence-electron chi connectivity index (χ2n) is 2.97. The molecule has 1 aromatic heterocycles. The summed E-state index contributed by atoms with van der Waals surface area (Å²) in [6.07, 6.45) is 3.14. The summed E-state index contributed by atoms with van der Waals surface area (Å²) in [7, 11) is -1.34.